The fourth-order valence-corrected chi connectivity index (χ4v) is 4.18. The molecule has 0 spiro atoms. The van der Waals surface area contributed by atoms with Gasteiger partial charge >= 0.3 is 0 Å². The SMILES string of the molecule is CC(C)(C)N(Cc1ccccc1)S(C)(C)C. The molecule has 0 fully saturated rings. The van der Waals surface area contributed by atoms with Gasteiger partial charge in [0.1, 0.15) is 0 Å². The van der Waals surface area contributed by atoms with E-state index < -0.39 is 10.2 Å². The lowest BCUT2D eigenvalue weighted by Crippen LogP contribution is -2.41. The van der Waals surface area contributed by atoms with Crippen molar-refractivity contribution in [1.29, 1.82) is 0 Å². The van der Waals surface area contributed by atoms with Crippen LogP contribution >= 0.6 is 10.2 Å². The molecule has 1 aromatic rings. The van der Waals surface area contributed by atoms with Crippen LogP contribution in [-0.2, 0) is 6.54 Å². The largest absolute Gasteiger partial charge is 0.259 e. The highest BCUT2D eigenvalue weighted by molar-refractivity contribution is 8.30. The van der Waals surface area contributed by atoms with E-state index >= 15 is 0 Å². The van der Waals surface area contributed by atoms with Crippen LogP contribution in [0.5, 0.6) is 0 Å². The van der Waals surface area contributed by atoms with Crippen molar-refractivity contribution in [2.24, 2.45) is 0 Å². The molecule has 0 atom stereocenters. The van der Waals surface area contributed by atoms with Crippen molar-refractivity contribution < 1.29 is 0 Å². The van der Waals surface area contributed by atoms with Crippen LogP contribution in [0.4, 0.5) is 0 Å². The molecule has 0 saturated heterocycles. The van der Waals surface area contributed by atoms with Crippen molar-refractivity contribution in [3.8, 4) is 0 Å². The minimum Gasteiger partial charge on any atom is -0.259 e. The Morgan fingerprint density at radius 2 is 1.50 bits per heavy atom. The van der Waals surface area contributed by atoms with Crippen molar-refractivity contribution in [2.45, 2.75) is 32.9 Å². The molecule has 0 heterocycles. The number of hydrogen-bond donors (Lipinski definition) is 0. The quantitative estimate of drug-likeness (QED) is 0.773. The Bertz CT molecular complexity index is 305. The smallest absolute Gasteiger partial charge is 0.0331 e. The summed E-state index contributed by atoms with van der Waals surface area (Å²) in [6.45, 7) is 7.94. The molecule has 16 heavy (non-hydrogen) atoms. The third-order valence-electron chi connectivity index (χ3n) is 2.58. The van der Waals surface area contributed by atoms with Gasteiger partial charge in [0.15, 0.2) is 0 Å². The van der Waals surface area contributed by atoms with Crippen LogP contribution in [0.3, 0.4) is 0 Å². The Labute approximate surface area is 102 Å². The molecule has 0 unspecified atom stereocenters. The fourth-order valence-electron chi connectivity index (χ4n) is 2.00. The topological polar surface area (TPSA) is 3.24 Å². The molecule has 0 aliphatic carbocycles. The highest BCUT2D eigenvalue weighted by Crippen LogP contribution is 2.45. The molecule has 2 heteroatoms. The average molecular weight is 239 g/mol. The van der Waals surface area contributed by atoms with E-state index in [4.69, 9.17) is 0 Å². The molecule has 1 rings (SSSR count). The third-order valence-corrected chi connectivity index (χ3v) is 4.58. The van der Waals surface area contributed by atoms with Crippen LogP contribution in [0.2, 0.25) is 0 Å². The summed E-state index contributed by atoms with van der Waals surface area (Å²) in [6.07, 6.45) is 7.09. The molecule has 0 radical (unpaired) electrons. The van der Waals surface area contributed by atoms with E-state index in [9.17, 15) is 0 Å². The minimum absolute atomic E-state index is 0.226. The maximum Gasteiger partial charge on any atom is 0.0331 e. The van der Waals surface area contributed by atoms with Crippen LogP contribution in [-0.4, -0.2) is 28.6 Å². The van der Waals surface area contributed by atoms with Gasteiger partial charge in [0.25, 0.3) is 0 Å². The molecule has 92 valence electrons. The highest BCUT2D eigenvalue weighted by Gasteiger charge is 2.28. The Balaban J connectivity index is 2.89. The minimum atomic E-state index is -0.687. The zero-order chi connectivity index (χ0) is 12.4. The molecule has 0 aliphatic rings. The molecule has 1 nitrogen and oxygen atoms in total. The summed E-state index contributed by atoms with van der Waals surface area (Å²) in [4.78, 5) is 0. The van der Waals surface area contributed by atoms with E-state index in [2.05, 4.69) is 74.2 Å². The molecule has 1 aromatic carbocycles. The van der Waals surface area contributed by atoms with Crippen molar-refractivity contribution in [3.05, 3.63) is 35.9 Å². The monoisotopic (exact) mass is 239 g/mol. The molecular weight excluding hydrogens is 214 g/mol. The van der Waals surface area contributed by atoms with Gasteiger partial charge in [0.2, 0.25) is 0 Å². The molecule has 0 saturated carbocycles. The maximum absolute atomic E-state index is 2.62. The molecule has 0 N–H and O–H groups in total. The Hall–Kier alpha value is -0.470. The first-order chi connectivity index (χ1) is 7.21. The zero-order valence-electron chi connectivity index (χ0n) is 11.4. The van der Waals surface area contributed by atoms with Gasteiger partial charge in [-0.2, -0.15) is 10.2 Å². The molecular formula is C14H25NS. The van der Waals surface area contributed by atoms with E-state index in [0.717, 1.165) is 6.54 Å². The summed E-state index contributed by atoms with van der Waals surface area (Å²) in [5.74, 6) is 0. The van der Waals surface area contributed by atoms with Crippen molar-refractivity contribution in [3.63, 3.8) is 0 Å². The van der Waals surface area contributed by atoms with Crippen molar-refractivity contribution in [2.75, 3.05) is 18.8 Å². The summed E-state index contributed by atoms with van der Waals surface area (Å²) in [6, 6.07) is 10.7. The normalized spacial score (nSPS) is 14.2. The van der Waals surface area contributed by atoms with E-state index in [0.29, 0.717) is 0 Å². The lowest BCUT2D eigenvalue weighted by molar-refractivity contribution is 0.261. The first-order valence-corrected chi connectivity index (χ1v) is 8.53. The summed E-state index contributed by atoms with van der Waals surface area (Å²) in [5, 5.41) is 0. The summed E-state index contributed by atoms with van der Waals surface area (Å²) in [5.41, 5.74) is 1.63. The van der Waals surface area contributed by atoms with Gasteiger partial charge in [0, 0.05) is 12.1 Å². The van der Waals surface area contributed by atoms with E-state index in [1.807, 2.05) is 0 Å². The number of hydrogen-bond acceptors (Lipinski definition) is 1. The standard InChI is InChI=1S/C14H25NS/c1-14(2,3)15(16(4,5)6)12-13-10-8-7-9-11-13/h7-11H,12H2,1-6H3. The van der Waals surface area contributed by atoms with Crippen molar-refractivity contribution in [1.82, 2.24) is 4.31 Å². The van der Waals surface area contributed by atoms with Gasteiger partial charge in [-0.3, -0.25) is 4.31 Å². The van der Waals surface area contributed by atoms with Gasteiger partial charge in [-0.05, 0) is 45.1 Å². The van der Waals surface area contributed by atoms with E-state index in [-0.39, 0.29) is 5.54 Å². The summed E-state index contributed by atoms with van der Waals surface area (Å²) < 4.78 is 2.62. The van der Waals surface area contributed by atoms with E-state index in [1.165, 1.54) is 5.56 Å². The van der Waals surface area contributed by atoms with Gasteiger partial charge in [-0.15, -0.1) is 0 Å². The van der Waals surface area contributed by atoms with Crippen LogP contribution in [0, 0.1) is 0 Å². The lowest BCUT2D eigenvalue weighted by Gasteiger charge is -2.48. The molecule has 0 aliphatic heterocycles. The van der Waals surface area contributed by atoms with Gasteiger partial charge in [-0.25, -0.2) is 0 Å². The van der Waals surface area contributed by atoms with Crippen molar-refractivity contribution >= 4 is 10.2 Å². The number of benzene rings is 1. The predicted molar refractivity (Wildman–Crippen MR) is 77.1 cm³/mol. The zero-order valence-corrected chi connectivity index (χ0v) is 12.3. The molecule has 0 bridgehead atoms. The number of nitrogens with zero attached hydrogens (tertiary/aromatic N) is 1. The lowest BCUT2D eigenvalue weighted by atomic mass is 10.1. The van der Waals surface area contributed by atoms with Crippen LogP contribution < -0.4 is 0 Å². The third kappa shape index (κ3) is 3.84. The number of rotatable bonds is 3. The second-order valence-corrected chi connectivity index (χ2v) is 9.95. The second kappa shape index (κ2) is 4.80. The Kier molecular flexibility index (Phi) is 4.08. The second-order valence-electron chi connectivity index (χ2n) is 5.97. The Morgan fingerprint density at radius 3 is 1.88 bits per heavy atom. The van der Waals surface area contributed by atoms with Gasteiger partial charge in [-0.1, -0.05) is 30.3 Å². The Morgan fingerprint density at radius 1 is 1.00 bits per heavy atom. The van der Waals surface area contributed by atoms with Gasteiger partial charge in [0.05, 0.1) is 0 Å². The average Bonchev–Trinajstić information content (AvgIpc) is 2.12. The summed E-state index contributed by atoms with van der Waals surface area (Å²) in [7, 11) is -0.687. The highest BCUT2D eigenvalue weighted by atomic mass is 32.3. The van der Waals surface area contributed by atoms with Gasteiger partial charge < -0.3 is 0 Å². The molecule has 0 amide bonds. The molecule has 0 aromatic heterocycles. The first kappa shape index (κ1) is 13.6. The van der Waals surface area contributed by atoms with Crippen LogP contribution in [0.25, 0.3) is 0 Å². The predicted octanol–water partition coefficient (Wildman–Crippen LogP) is 3.90. The van der Waals surface area contributed by atoms with Crippen LogP contribution in [0.1, 0.15) is 26.3 Å². The first-order valence-electron chi connectivity index (χ1n) is 5.71. The van der Waals surface area contributed by atoms with Crippen LogP contribution in [0.15, 0.2) is 30.3 Å². The maximum atomic E-state index is 2.62. The fraction of sp³-hybridized carbons (Fsp3) is 0.571. The van der Waals surface area contributed by atoms with E-state index in [1.54, 1.807) is 0 Å². The summed E-state index contributed by atoms with van der Waals surface area (Å²) >= 11 is 0.